The summed E-state index contributed by atoms with van der Waals surface area (Å²) >= 11 is 0. The fraction of sp³-hybridized carbons (Fsp3) is 0.250. The molecule has 0 saturated heterocycles. The largest absolute Gasteiger partial charge is 0.477 e. The number of carbonyl (C=O) groups is 1. The van der Waals surface area contributed by atoms with Gasteiger partial charge in [-0.05, 0) is 44.0 Å². The Morgan fingerprint density at radius 2 is 1.67 bits per heavy atom. The third-order valence-corrected chi connectivity index (χ3v) is 4.51. The van der Waals surface area contributed by atoms with Crippen LogP contribution in [0, 0.1) is 5.82 Å². The van der Waals surface area contributed by atoms with Crippen molar-refractivity contribution in [1.29, 1.82) is 0 Å². The van der Waals surface area contributed by atoms with Crippen LogP contribution in [0.5, 0.6) is 0 Å². The number of allylic oxidation sites excluding steroid dienone is 1. The maximum absolute atomic E-state index is 13.2. The quantitative estimate of drug-likeness (QED) is 0.841. The lowest BCUT2D eigenvalue weighted by molar-refractivity contribution is -0.139. The molecule has 2 aromatic rings. The highest BCUT2D eigenvalue weighted by Crippen LogP contribution is 2.35. The summed E-state index contributed by atoms with van der Waals surface area (Å²) in [6.07, 6.45) is 0. The highest BCUT2D eigenvalue weighted by Gasteiger charge is 2.38. The van der Waals surface area contributed by atoms with Gasteiger partial charge in [0.2, 0.25) is 0 Å². The molecule has 0 atom stereocenters. The normalized spacial score (nSPS) is 15.5. The van der Waals surface area contributed by atoms with Gasteiger partial charge in [-0.2, -0.15) is 0 Å². The zero-order valence-electron chi connectivity index (χ0n) is 14.0. The van der Waals surface area contributed by atoms with Crippen molar-refractivity contribution < 1.29 is 13.9 Å². The second-order valence-corrected chi connectivity index (χ2v) is 6.37. The smallest absolute Gasteiger partial charge is 0.261 e. The molecule has 0 aliphatic carbocycles. The number of amides is 1. The van der Waals surface area contributed by atoms with Gasteiger partial charge in [0.05, 0.1) is 11.1 Å². The second kappa shape index (κ2) is 6.11. The molecule has 0 spiro atoms. The third kappa shape index (κ3) is 2.80. The maximum Gasteiger partial charge on any atom is 0.261 e. The Kier molecular flexibility index (Phi) is 4.14. The Morgan fingerprint density at radius 3 is 2.29 bits per heavy atom. The number of nitrogens with zero attached hydrogens (tertiary/aromatic N) is 1. The molecule has 0 fully saturated rings. The van der Waals surface area contributed by atoms with Gasteiger partial charge in [-0.3, -0.25) is 9.69 Å². The van der Waals surface area contributed by atoms with E-state index < -0.39 is 5.54 Å². The van der Waals surface area contributed by atoms with Crippen LogP contribution in [0.25, 0.3) is 5.57 Å². The second-order valence-electron chi connectivity index (χ2n) is 6.37. The Labute approximate surface area is 141 Å². The lowest BCUT2D eigenvalue weighted by Gasteiger charge is -2.41. The molecule has 1 aliphatic rings. The van der Waals surface area contributed by atoms with Crippen molar-refractivity contribution in [2.45, 2.75) is 26.3 Å². The van der Waals surface area contributed by atoms with Crippen LogP contribution < -0.4 is 0 Å². The summed E-state index contributed by atoms with van der Waals surface area (Å²) in [5.74, 6) is 0.244. The number of ether oxygens (including phenoxy) is 1. The van der Waals surface area contributed by atoms with E-state index in [1.807, 2.05) is 51.1 Å². The predicted molar refractivity (Wildman–Crippen MR) is 91.3 cm³/mol. The first-order valence-corrected chi connectivity index (χ1v) is 7.88. The Bertz CT molecular complexity index is 779. The molecule has 24 heavy (non-hydrogen) atoms. The zero-order valence-corrected chi connectivity index (χ0v) is 14.0. The minimum atomic E-state index is -0.620. The van der Waals surface area contributed by atoms with Gasteiger partial charge < -0.3 is 4.74 Å². The van der Waals surface area contributed by atoms with E-state index in [1.54, 1.807) is 17.0 Å². The Balaban J connectivity index is 1.99. The molecule has 0 aromatic heterocycles. The van der Waals surface area contributed by atoms with Crippen LogP contribution in [-0.4, -0.2) is 17.5 Å². The van der Waals surface area contributed by atoms with Crippen molar-refractivity contribution in [3.05, 3.63) is 77.3 Å². The SMILES string of the molecule is CC1=C(c2ccccc2)C(=O)N(C(C)(C)c2ccc(F)cc2)CO1. The fourth-order valence-corrected chi connectivity index (χ4v) is 2.94. The monoisotopic (exact) mass is 325 g/mol. The molecular formula is C20H20FNO2. The lowest BCUT2D eigenvalue weighted by atomic mass is 9.90. The molecule has 0 saturated carbocycles. The van der Waals surface area contributed by atoms with Gasteiger partial charge in [0.1, 0.15) is 11.6 Å². The highest BCUT2D eigenvalue weighted by molar-refractivity contribution is 6.20. The van der Waals surface area contributed by atoms with Crippen LogP contribution in [0.4, 0.5) is 4.39 Å². The number of hydrogen-bond donors (Lipinski definition) is 0. The first-order valence-electron chi connectivity index (χ1n) is 7.88. The average Bonchev–Trinajstić information content (AvgIpc) is 2.56. The van der Waals surface area contributed by atoms with E-state index in [1.165, 1.54) is 12.1 Å². The summed E-state index contributed by atoms with van der Waals surface area (Å²) in [6.45, 7) is 5.85. The number of halogens is 1. The van der Waals surface area contributed by atoms with Crippen LogP contribution >= 0.6 is 0 Å². The summed E-state index contributed by atoms with van der Waals surface area (Å²) in [7, 11) is 0. The van der Waals surface area contributed by atoms with Crippen molar-refractivity contribution in [1.82, 2.24) is 4.90 Å². The minimum absolute atomic E-state index is 0.0840. The van der Waals surface area contributed by atoms with Crippen LogP contribution in [0.15, 0.2) is 60.4 Å². The first kappa shape index (κ1) is 16.2. The van der Waals surface area contributed by atoms with E-state index in [-0.39, 0.29) is 18.5 Å². The van der Waals surface area contributed by atoms with Crippen LogP contribution in [0.2, 0.25) is 0 Å². The van der Waals surface area contributed by atoms with E-state index in [9.17, 15) is 9.18 Å². The van der Waals surface area contributed by atoms with Gasteiger partial charge in [-0.1, -0.05) is 42.5 Å². The summed E-state index contributed by atoms with van der Waals surface area (Å²) in [4.78, 5) is 14.8. The molecule has 2 aromatic carbocycles. The number of benzene rings is 2. The van der Waals surface area contributed by atoms with Crippen LogP contribution in [0.3, 0.4) is 0 Å². The van der Waals surface area contributed by atoms with Crippen LogP contribution in [-0.2, 0) is 15.1 Å². The van der Waals surface area contributed by atoms with Gasteiger partial charge in [-0.15, -0.1) is 0 Å². The van der Waals surface area contributed by atoms with Crippen molar-refractivity contribution >= 4 is 11.5 Å². The predicted octanol–water partition coefficient (Wildman–Crippen LogP) is 4.31. The average molecular weight is 325 g/mol. The summed E-state index contributed by atoms with van der Waals surface area (Å²) < 4.78 is 19.0. The molecule has 4 heteroatoms. The lowest BCUT2D eigenvalue weighted by Crippen LogP contribution is -2.49. The van der Waals surface area contributed by atoms with E-state index in [0.29, 0.717) is 11.3 Å². The first-order chi connectivity index (χ1) is 11.4. The van der Waals surface area contributed by atoms with Crippen molar-refractivity contribution in [2.24, 2.45) is 0 Å². The Hall–Kier alpha value is -2.62. The van der Waals surface area contributed by atoms with Gasteiger partial charge >= 0.3 is 0 Å². The molecule has 0 unspecified atom stereocenters. The molecule has 1 aliphatic heterocycles. The van der Waals surface area contributed by atoms with E-state index in [4.69, 9.17) is 4.74 Å². The van der Waals surface area contributed by atoms with Crippen molar-refractivity contribution in [2.75, 3.05) is 6.73 Å². The van der Waals surface area contributed by atoms with E-state index in [2.05, 4.69) is 0 Å². The molecule has 124 valence electrons. The van der Waals surface area contributed by atoms with E-state index in [0.717, 1.165) is 11.1 Å². The zero-order chi connectivity index (χ0) is 17.3. The molecule has 1 amide bonds. The summed E-state index contributed by atoms with van der Waals surface area (Å²) in [6, 6.07) is 15.7. The molecule has 3 rings (SSSR count). The molecule has 1 heterocycles. The van der Waals surface area contributed by atoms with Gasteiger partial charge in [-0.25, -0.2) is 4.39 Å². The molecular weight excluding hydrogens is 305 g/mol. The third-order valence-electron chi connectivity index (χ3n) is 4.51. The number of rotatable bonds is 3. The van der Waals surface area contributed by atoms with Gasteiger partial charge in [0.15, 0.2) is 6.73 Å². The van der Waals surface area contributed by atoms with Crippen molar-refractivity contribution in [3.63, 3.8) is 0 Å². The molecule has 0 N–H and O–H groups in total. The topological polar surface area (TPSA) is 29.5 Å². The Morgan fingerprint density at radius 1 is 1.04 bits per heavy atom. The molecule has 0 bridgehead atoms. The summed E-state index contributed by atoms with van der Waals surface area (Å²) in [5, 5.41) is 0. The number of carbonyl (C=O) groups excluding carboxylic acids is 1. The van der Waals surface area contributed by atoms with Gasteiger partial charge in [0, 0.05) is 0 Å². The standard InChI is InChI=1S/C20H20FNO2/c1-14-18(15-7-5-4-6-8-15)19(23)22(13-24-14)20(2,3)16-9-11-17(21)12-10-16/h4-12H,13H2,1-3H3. The molecule has 0 radical (unpaired) electrons. The van der Waals surface area contributed by atoms with Gasteiger partial charge in [0.25, 0.3) is 5.91 Å². The number of hydrogen-bond acceptors (Lipinski definition) is 2. The highest BCUT2D eigenvalue weighted by atomic mass is 19.1. The summed E-state index contributed by atoms with van der Waals surface area (Å²) in [5.41, 5.74) is 1.63. The minimum Gasteiger partial charge on any atom is -0.477 e. The molecule has 3 nitrogen and oxygen atoms in total. The fourth-order valence-electron chi connectivity index (χ4n) is 2.94. The van der Waals surface area contributed by atoms with Crippen LogP contribution in [0.1, 0.15) is 31.9 Å². The maximum atomic E-state index is 13.2. The van der Waals surface area contributed by atoms with Crippen molar-refractivity contribution in [3.8, 4) is 0 Å². The van der Waals surface area contributed by atoms with E-state index >= 15 is 0 Å².